The van der Waals surface area contributed by atoms with Crippen LogP contribution in [0.3, 0.4) is 0 Å². The molecule has 0 aliphatic rings. The average molecular weight is 1000 g/mol. The van der Waals surface area contributed by atoms with Crippen LogP contribution in [0.2, 0.25) is 0 Å². The molecule has 1 unspecified atom stereocenters. The molecule has 0 rings (SSSR count). The molecule has 0 aromatic carbocycles. The lowest BCUT2D eigenvalue weighted by Gasteiger charge is -2.18. The molecule has 0 heterocycles. The molecular weight excluding hydrogens is 889 g/mol. The van der Waals surface area contributed by atoms with Gasteiger partial charge < -0.3 is 14.2 Å². The lowest BCUT2D eigenvalue weighted by atomic mass is 10.0. The van der Waals surface area contributed by atoms with Crippen LogP contribution in [0.1, 0.15) is 271 Å². The molecule has 0 saturated heterocycles. The van der Waals surface area contributed by atoms with Crippen LogP contribution in [-0.2, 0) is 28.6 Å². The predicted octanol–water partition coefficient (Wildman–Crippen LogP) is 20.3. The number of esters is 3. The van der Waals surface area contributed by atoms with Crippen molar-refractivity contribution in [2.24, 2.45) is 0 Å². The van der Waals surface area contributed by atoms with Crippen molar-refractivity contribution in [2.45, 2.75) is 277 Å². The molecule has 6 nitrogen and oxygen atoms in total. The lowest BCUT2D eigenvalue weighted by molar-refractivity contribution is -0.167. The Hall–Kier alpha value is -3.93. The summed E-state index contributed by atoms with van der Waals surface area (Å²) in [6, 6.07) is 0. The van der Waals surface area contributed by atoms with Crippen molar-refractivity contribution in [1.82, 2.24) is 0 Å². The van der Waals surface area contributed by atoms with E-state index in [1.807, 2.05) is 0 Å². The molecule has 0 radical (unpaired) electrons. The maximum absolute atomic E-state index is 12.8. The Bertz CT molecular complexity index is 1470. The van der Waals surface area contributed by atoms with Gasteiger partial charge in [-0.05, 0) is 103 Å². The second-order valence-electron chi connectivity index (χ2n) is 19.5. The molecule has 6 heteroatoms. The molecule has 0 bridgehead atoms. The smallest absolute Gasteiger partial charge is 0.306 e. The van der Waals surface area contributed by atoms with E-state index < -0.39 is 6.10 Å². The summed E-state index contributed by atoms with van der Waals surface area (Å²) in [7, 11) is 0. The zero-order valence-electron chi connectivity index (χ0n) is 46.9. The van der Waals surface area contributed by atoms with E-state index in [9.17, 15) is 14.4 Å². The first-order valence-electron chi connectivity index (χ1n) is 29.9. The number of carbonyl (C=O) groups is 3. The molecule has 0 saturated carbocycles. The number of allylic oxidation sites excluding steroid dienone is 18. The Morgan fingerprint density at radius 2 is 0.542 bits per heavy atom. The molecule has 1 atom stereocenters. The van der Waals surface area contributed by atoms with Gasteiger partial charge in [0.25, 0.3) is 0 Å². The molecule has 0 aliphatic carbocycles. The maximum Gasteiger partial charge on any atom is 0.306 e. The summed E-state index contributed by atoms with van der Waals surface area (Å²) < 4.78 is 16.7. The van der Waals surface area contributed by atoms with E-state index in [0.717, 1.165) is 122 Å². The Morgan fingerprint density at radius 1 is 0.292 bits per heavy atom. The van der Waals surface area contributed by atoms with Crippen molar-refractivity contribution >= 4 is 17.9 Å². The van der Waals surface area contributed by atoms with Crippen LogP contribution >= 0.6 is 0 Å². The van der Waals surface area contributed by atoms with Crippen LogP contribution in [0.5, 0.6) is 0 Å². The minimum atomic E-state index is -0.793. The average Bonchev–Trinajstić information content (AvgIpc) is 3.38. The highest BCUT2D eigenvalue weighted by atomic mass is 16.6. The van der Waals surface area contributed by atoms with Gasteiger partial charge in [0, 0.05) is 19.3 Å². The van der Waals surface area contributed by atoms with Crippen LogP contribution in [0, 0.1) is 0 Å². The molecule has 0 N–H and O–H groups in total. The second kappa shape index (κ2) is 59.6. The quantitative estimate of drug-likeness (QED) is 0.0261. The summed E-state index contributed by atoms with van der Waals surface area (Å²) in [5, 5.41) is 0. The predicted molar refractivity (Wildman–Crippen MR) is 311 cm³/mol. The molecule has 0 amide bonds. The number of unbranched alkanes of at least 4 members (excludes halogenated alkanes) is 24. The fourth-order valence-corrected chi connectivity index (χ4v) is 8.11. The van der Waals surface area contributed by atoms with E-state index in [1.165, 1.54) is 109 Å². The summed E-state index contributed by atoms with van der Waals surface area (Å²) in [6.07, 6.45) is 81.3. The fourth-order valence-electron chi connectivity index (χ4n) is 8.11. The highest BCUT2D eigenvalue weighted by Gasteiger charge is 2.19. The van der Waals surface area contributed by atoms with Crippen molar-refractivity contribution in [1.29, 1.82) is 0 Å². The molecule has 0 aliphatic heterocycles. The second-order valence-corrected chi connectivity index (χ2v) is 19.5. The first kappa shape index (κ1) is 68.1. The van der Waals surface area contributed by atoms with Crippen LogP contribution < -0.4 is 0 Å². The Balaban J connectivity index is 4.12. The monoisotopic (exact) mass is 999 g/mol. The minimum absolute atomic E-state index is 0.0906. The summed E-state index contributed by atoms with van der Waals surface area (Å²) >= 11 is 0. The maximum atomic E-state index is 12.8. The number of hydrogen-bond acceptors (Lipinski definition) is 6. The molecule has 0 spiro atoms. The first-order valence-corrected chi connectivity index (χ1v) is 29.9. The van der Waals surface area contributed by atoms with Gasteiger partial charge in [-0.3, -0.25) is 14.4 Å². The van der Waals surface area contributed by atoms with E-state index in [-0.39, 0.29) is 37.5 Å². The van der Waals surface area contributed by atoms with Crippen LogP contribution in [0.15, 0.2) is 109 Å². The van der Waals surface area contributed by atoms with Gasteiger partial charge in [0.1, 0.15) is 13.2 Å². The molecule has 0 fully saturated rings. The number of hydrogen-bond donors (Lipinski definition) is 0. The van der Waals surface area contributed by atoms with Gasteiger partial charge in [0.2, 0.25) is 0 Å². The van der Waals surface area contributed by atoms with Crippen LogP contribution in [-0.4, -0.2) is 37.2 Å². The zero-order chi connectivity index (χ0) is 52.2. The van der Waals surface area contributed by atoms with Gasteiger partial charge in [0.05, 0.1) is 0 Å². The number of carbonyl (C=O) groups excluding carboxylic acids is 3. The van der Waals surface area contributed by atoms with Gasteiger partial charge in [-0.25, -0.2) is 0 Å². The molecule has 0 aromatic rings. The van der Waals surface area contributed by atoms with Crippen LogP contribution in [0.4, 0.5) is 0 Å². The van der Waals surface area contributed by atoms with Gasteiger partial charge in [-0.2, -0.15) is 0 Å². The molecule has 72 heavy (non-hydrogen) atoms. The first-order chi connectivity index (χ1) is 35.5. The van der Waals surface area contributed by atoms with Crippen molar-refractivity contribution in [3.63, 3.8) is 0 Å². The van der Waals surface area contributed by atoms with E-state index >= 15 is 0 Å². The number of ether oxygens (including phenoxy) is 3. The summed E-state index contributed by atoms with van der Waals surface area (Å²) in [5.41, 5.74) is 0. The fraction of sp³-hybridized carbons (Fsp3) is 0.682. The van der Waals surface area contributed by atoms with E-state index in [4.69, 9.17) is 14.2 Å². The minimum Gasteiger partial charge on any atom is -0.462 e. The number of rotatable bonds is 53. The third-order valence-electron chi connectivity index (χ3n) is 12.5. The van der Waals surface area contributed by atoms with Gasteiger partial charge >= 0.3 is 17.9 Å². The lowest BCUT2D eigenvalue weighted by Crippen LogP contribution is -2.30. The SMILES string of the molecule is CC/C=C\C/C=C\C/C=C\C/C=C\C/C=C\CCCCCC(=O)OC(COC(=O)CCCCCCCC)COC(=O)CCCCCCCCCCCCCCCCCC/C=C\C/C=C\C/C=C\C/C=C\CC. The van der Waals surface area contributed by atoms with Gasteiger partial charge in [-0.15, -0.1) is 0 Å². The largest absolute Gasteiger partial charge is 0.462 e. The third-order valence-corrected chi connectivity index (χ3v) is 12.5. The molecule has 0 aromatic heterocycles. The highest BCUT2D eigenvalue weighted by Crippen LogP contribution is 2.16. The van der Waals surface area contributed by atoms with Crippen molar-refractivity contribution < 1.29 is 28.6 Å². The van der Waals surface area contributed by atoms with E-state index in [1.54, 1.807) is 0 Å². The molecular formula is C66H110O6. The summed E-state index contributed by atoms with van der Waals surface area (Å²) in [6.45, 7) is 6.33. The van der Waals surface area contributed by atoms with E-state index in [0.29, 0.717) is 12.8 Å². The third kappa shape index (κ3) is 57.0. The van der Waals surface area contributed by atoms with Crippen LogP contribution in [0.25, 0.3) is 0 Å². The normalized spacial score (nSPS) is 12.9. The standard InChI is InChI=1S/C66H110O6/c1-4-7-10-13-16-18-20-22-24-26-28-29-30-31-32-33-34-35-36-37-39-40-42-44-46-48-50-53-56-59-65(68)71-62-63(61-70-64(67)58-55-52-15-12-9-6-3)72-66(69)60-57-54-51-49-47-45-43-41-38-27-25-23-21-19-17-14-11-8-5-2/h7-8,10-11,16-19,22-25,28-29,38,41,45,47,63H,4-6,9,12-15,20-21,26-27,30-37,39-40,42-44,46,48-62H2,1-3H3/b10-7-,11-8-,18-16-,19-17-,24-22-,25-23-,29-28-,41-38-,47-45-. The van der Waals surface area contributed by atoms with Crippen molar-refractivity contribution in [3.8, 4) is 0 Å². The van der Waals surface area contributed by atoms with Crippen molar-refractivity contribution in [2.75, 3.05) is 13.2 Å². The Kier molecular flexibility index (Phi) is 56.4. The van der Waals surface area contributed by atoms with Gasteiger partial charge in [-0.1, -0.05) is 259 Å². The molecule has 410 valence electrons. The zero-order valence-corrected chi connectivity index (χ0v) is 46.9. The summed E-state index contributed by atoms with van der Waals surface area (Å²) in [4.78, 5) is 37.9. The summed E-state index contributed by atoms with van der Waals surface area (Å²) in [5.74, 6) is -0.930. The van der Waals surface area contributed by atoms with Crippen molar-refractivity contribution in [3.05, 3.63) is 109 Å². The topological polar surface area (TPSA) is 78.9 Å². The Labute approximate surface area is 444 Å². The van der Waals surface area contributed by atoms with E-state index in [2.05, 4.69) is 130 Å². The highest BCUT2D eigenvalue weighted by molar-refractivity contribution is 5.71. The van der Waals surface area contributed by atoms with Gasteiger partial charge in [0.15, 0.2) is 6.10 Å². The Morgan fingerprint density at radius 3 is 0.861 bits per heavy atom.